The number of benzene rings is 1. The lowest BCUT2D eigenvalue weighted by molar-refractivity contribution is -0.125. The Kier molecular flexibility index (Phi) is 5.65. The number of hydrogen-bond acceptors (Lipinski definition) is 3. The molecule has 146 valence electrons. The van der Waals surface area contributed by atoms with Crippen molar-refractivity contribution in [2.45, 2.75) is 57.4 Å². The fourth-order valence-electron chi connectivity index (χ4n) is 4.79. The fourth-order valence-corrected chi connectivity index (χ4v) is 4.79. The normalized spacial score (nSPS) is 21.6. The van der Waals surface area contributed by atoms with Crippen molar-refractivity contribution in [3.05, 3.63) is 29.8 Å². The van der Waals surface area contributed by atoms with Crippen LogP contribution in [0.5, 0.6) is 0 Å². The van der Waals surface area contributed by atoms with Gasteiger partial charge in [0.1, 0.15) is 0 Å². The second kappa shape index (κ2) is 8.32. The maximum atomic E-state index is 12.9. The summed E-state index contributed by atoms with van der Waals surface area (Å²) in [4.78, 5) is 29.6. The van der Waals surface area contributed by atoms with Gasteiger partial charge >= 0.3 is 0 Å². The van der Waals surface area contributed by atoms with Gasteiger partial charge in [0.05, 0.1) is 5.56 Å². The molecule has 2 amide bonds. The van der Waals surface area contributed by atoms with Gasteiger partial charge in [-0.05, 0) is 50.7 Å². The first-order valence-corrected chi connectivity index (χ1v) is 10.7. The largest absolute Gasteiger partial charge is 0.371 e. The van der Waals surface area contributed by atoms with Crippen LogP contribution in [-0.2, 0) is 4.79 Å². The summed E-state index contributed by atoms with van der Waals surface area (Å²) >= 11 is 0. The molecular formula is C22H31N3O2. The van der Waals surface area contributed by atoms with E-state index in [1.54, 1.807) is 0 Å². The number of amides is 2. The van der Waals surface area contributed by atoms with Gasteiger partial charge in [0.15, 0.2) is 0 Å². The van der Waals surface area contributed by atoms with Crippen LogP contribution in [0, 0.1) is 5.92 Å². The molecule has 2 heterocycles. The van der Waals surface area contributed by atoms with Gasteiger partial charge in [-0.3, -0.25) is 9.59 Å². The topological polar surface area (TPSA) is 52.7 Å². The summed E-state index contributed by atoms with van der Waals surface area (Å²) in [6, 6.07) is 8.28. The molecule has 0 bridgehead atoms. The Balaban J connectivity index is 1.37. The van der Waals surface area contributed by atoms with Crippen molar-refractivity contribution in [1.82, 2.24) is 10.2 Å². The zero-order valence-corrected chi connectivity index (χ0v) is 16.2. The number of hydrogen-bond donors (Lipinski definition) is 1. The number of nitrogens with zero attached hydrogens (tertiary/aromatic N) is 2. The molecule has 0 spiro atoms. The molecule has 4 rings (SSSR count). The van der Waals surface area contributed by atoms with Crippen molar-refractivity contribution in [3.8, 4) is 0 Å². The predicted octanol–water partition coefficient (Wildman–Crippen LogP) is 3.20. The first kappa shape index (κ1) is 18.3. The summed E-state index contributed by atoms with van der Waals surface area (Å²) in [5.74, 6) is 0.664. The molecule has 3 aliphatic rings. The smallest absolute Gasteiger partial charge is 0.255 e. The number of nitrogens with one attached hydrogen (secondary N) is 1. The van der Waals surface area contributed by atoms with Crippen LogP contribution in [0.1, 0.15) is 61.7 Å². The van der Waals surface area contributed by atoms with Crippen molar-refractivity contribution in [2.75, 3.05) is 31.1 Å². The summed E-state index contributed by atoms with van der Waals surface area (Å²) < 4.78 is 0. The first-order valence-electron chi connectivity index (χ1n) is 10.7. The molecule has 5 heteroatoms. The molecule has 1 N–H and O–H groups in total. The molecular weight excluding hydrogens is 338 g/mol. The molecule has 1 aromatic rings. The van der Waals surface area contributed by atoms with Crippen LogP contribution >= 0.6 is 0 Å². The van der Waals surface area contributed by atoms with Gasteiger partial charge in [-0.15, -0.1) is 0 Å². The minimum Gasteiger partial charge on any atom is -0.371 e. The third kappa shape index (κ3) is 4.12. The summed E-state index contributed by atoms with van der Waals surface area (Å²) in [6.45, 7) is 3.53. The molecule has 27 heavy (non-hydrogen) atoms. The summed E-state index contributed by atoms with van der Waals surface area (Å²) in [5, 5.41) is 3.27. The summed E-state index contributed by atoms with van der Waals surface area (Å²) in [5.41, 5.74) is 1.88. The second-order valence-electron chi connectivity index (χ2n) is 8.27. The third-order valence-corrected chi connectivity index (χ3v) is 6.44. The second-order valence-corrected chi connectivity index (χ2v) is 8.27. The Hall–Kier alpha value is -2.04. The van der Waals surface area contributed by atoms with Crippen LogP contribution in [0.15, 0.2) is 24.3 Å². The number of piperidine rings is 1. The van der Waals surface area contributed by atoms with E-state index in [0.717, 1.165) is 76.0 Å². The molecule has 5 nitrogen and oxygen atoms in total. The molecule has 3 fully saturated rings. The van der Waals surface area contributed by atoms with E-state index in [1.165, 1.54) is 12.8 Å². The van der Waals surface area contributed by atoms with Gasteiger partial charge in [0, 0.05) is 43.8 Å². The first-order chi connectivity index (χ1) is 13.2. The van der Waals surface area contributed by atoms with Crippen LogP contribution in [-0.4, -0.2) is 48.9 Å². The zero-order valence-electron chi connectivity index (χ0n) is 16.2. The zero-order chi connectivity index (χ0) is 18.6. The van der Waals surface area contributed by atoms with Crippen molar-refractivity contribution in [3.63, 3.8) is 0 Å². The summed E-state index contributed by atoms with van der Waals surface area (Å²) in [6.07, 6.45) is 8.61. The van der Waals surface area contributed by atoms with Crippen LogP contribution in [0.2, 0.25) is 0 Å². The Bertz CT molecular complexity index is 670. The maximum Gasteiger partial charge on any atom is 0.255 e. The molecule has 1 aromatic carbocycles. The highest BCUT2D eigenvalue weighted by Crippen LogP contribution is 2.28. The maximum absolute atomic E-state index is 12.9. The van der Waals surface area contributed by atoms with E-state index in [4.69, 9.17) is 0 Å². The lowest BCUT2D eigenvalue weighted by Gasteiger charge is -2.35. The number of anilines is 1. The van der Waals surface area contributed by atoms with Gasteiger partial charge < -0.3 is 15.1 Å². The Morgan fingerprint density at radius 1 is 0.852 bits per heavy atom. The minimum atomic E-state index is 0.166. The monoisotopic (exact) mass is 369 g/mol. The molecule has 0 radical (unpaired) electrons. The highest BCUT2D eigenvalue weighted by molar-refractivity contribution is 6.00. The highest BCUT2D eigenvalue weighted by Gasteiger charge is 2.28. The van der Waals surface area contributed by atoms with E-state index in [0.29, 0.717) is 0 Å². The van der Waals surface area contributed by atoms with E-state index in [1.807, 2.05) is 23.1 Å². The van der Waals surface area contributed by atoms with Gasteiger partial charge in [-0.2, -0.15) is 0 Å². The van der Waals surface area contributed by atoms with Gasteiger partial charge in [0.25, 0.3) is 5.91 Å². The van der Waals surface area contributed by atoms with E-state index >= 15 is 0 Å². The molecule has 1 saturated carbocycles. The van der Waals surface area contributed by atoms with Crippen LogP contribution in [0.25, 0.3) is 0 Å². The van der Waals surface area contributed by atoms with Crippen molar-refractivity contribution in [2.24, 2.45) is 5.92 Å². The van der Waals surface area contributed by atoms with Gasteiger partial charge in [0.2, 0.25) is 5.91 Å². The van der Waals surface area contributed by atoms with Crippen LogP contribution < -0.4 is 10.2 Å². The van der Waals surface area contributed by atoms with E-state index in [-0.39, 0.29) is 23.8 Å². The number of para-hydroxylation sites is 1. The lowest BCUT2D eigenvalue weighted by atomic mass is 10.0. The quantitative estimate of drug-likeness (QED) is 0.887. The Labute approximate surface area is 162 Å². The van der Waals surface area contributed by atoms with Crippen molar-refractivity contribution in [1.29, 1.82) is 0 Å². The van der Waals surface area contributed by atoms with Gasteiger partial charge in [-0.25, -0.2) is 0 Å². The van der Waals surface area contributed by atoms with Crippen molar-refractivity contribution >= 4 is 17.5 Å². The Morgan fingerprint density at radius 3 is 2.22 bits per heavy atom. The van der Waals surface area contributed by atoms with Crippen LogP contribution in [0.3, 0.4) is 0 Å². The van der Waals surface area contributed by atoms with E-state index in [2.05, 4.69) is 16.3 Å². The fraction of sp³-hybridized carbons (Fsp3) is 0.636. The molecule has 2 aliphatic heterocycles. The van der Waals surface area contributed by atoms with E-state index < -0.39 is 0 Å². The average molecular weight is 370 g/mol. The summed E-state index contributed by atoms with van der Waals surface area (Å²) in [7, 11) is 0. The lowest BCUT2D eigenvalue weighted by Crippen LogP contribution is -2.46. The SMILES string of the molecule is O=C(NC1CCN(c2ccccc2C(=O)N2CCCC2)CC1)C1CCCC1. The number of likely N-dealkylation sites (tertiary alicyclic amines) is 1. The standard InChI is InChI=1S/C22H31N3O2/c26-21(17-7-1-2-8-17)23-18-11-15-24(16-12-18)20-10-4-3-9-19(20)22(27)25-13-5-6-14-25/h3-4,9-10,17-18H,1-2,5-8,11-16H2,(H,23,26). The minimum absolute atomic E-state index is 0.166. The molecule has 2 saturated heterocycles. The van der Waals surface area contributed by atoms with Crippen LogP contribution in [0.4, 0.5) is 5.69 Å². The van der Waals surface area contributed by atoms with Crippen molar-refractivity contribution < 1.29 is 9.59 Å². The molecule has 0 atom stereocenters. The number of rotatable bonds is 4. The average Bonchev–Trinajstić information content (AvgIpc) is 3.42. The Morgan fingerprint density at radius 2 is 1.52 bits per heavy atom. The molecule has 0 unspecified atom stereocenters. The number of carbonyl (C=O) groups is 2. The predicted molar refractivity (Wildman–Crippen MR) is 107 cm³/mol. The molecule has 0 aromatic heterocycles. The van der Waals surface area contributed by atoms with E-state index in [9.17, 15) is 9.59 Å². The third-order valence-electron chi connectivity index (χ3n) is 6.44. The number of carbonyl (C=O) groups excluding carboxylic acids is 2. The highest BCUT2D eigenvalue weighted by atomic mass is 16.2. The van der Waals surface area contributed by atoms with Gasteiger partial charge in [-0.1, -0.05) is 25.0 Å². The molecule has 1 aliphatic carbocycles.